The molecule has 0 aliphatic rings. The molecule has 1 heterocycles. The minimum absolute atomic E-state index is 0.110. The number of nitrogens with zero attached hydrogens (tertiary/aromatic N) is 2. The molecule has 0 atom stereocenters. The number of halogens is 1. The van der Waals surface area contributed by atoms with Crippen molar-refractivity contribution in [1.29, 1.82) is 0 Å². The molecule has 0 N–H and O–H groups in total. The third kappa shape index (κ3) is 2.75. The summed E-state index contributed by atoms with van der Waals surface area (Å²) in [6.07, 6.45) is 0. The van der Waals surface area contributed by atoms with Gasteiger partial charge in [-0.3, -0.25) is 0 Å². The van der Waals surface area contributed by atoms with E-state index in [0.717, 1.165) is 10.9 Å². The van der Waals surface area contributed by atoms with Gasteiger partial charge in [0.2, 0.25) is 11.8 Å². The van der Waals surface area contributed by atoms with E-state index in [2.05, 4.69) is 46.9 Å². The third-order valence-electron chi connectivity index (χ3n) is 2.42. The normalized spacial score (nSPS) is 11.8. The van der Waals surface area contributed by atoms with Crippen molar-refractivity contribution in [2.45, 2.75) is 31.5 Å². The Morgan fingerprint density at radius 3 is 2.24 bits per heavy atom. The SMILES string of the molecule is CC(C)(C)c1nnc(-c2ccc(CBr)cc2)o1. The summed E-state index contributed by atoms with van der Waals surface area (Å²) in [6.45, 7) is 6.16. The van der Waals surface area contributed by atoms with Crippen LogP contribution >= 0.6 is 15.9 Å². The molecule has 1 aromatic carbocycles. The summed E-state index contributed by atoms with van der Waals surface area (Å²) in [5.74, 6) is 1.24. The molecule has 1 aromatic heterocycles. The lowest BCUT2D eigenvalue weighted by Gasteiger charge is -2.10. The molecule has 0 radical (unpaired) electrons. The lowest BCUT2D eigenvalue weighted by molar-refractivity contribution is 0.399. The van der Waals surface area contributed by atoms with Gasteiger partial charge in [0.05, 0.1) is 0 Å². The van der Waals surface area contributed by atoms with E-state index >= 15 is 0 Å². The summed E-state index contributed by atoms with van der Waals surface area (Å²) in [7, 11) is 0. The standard InChI is InChI=1S/C13H15BrN2O/c1-13(2,3)12-16-15-11(17-12)10-6-4-9(8-14)5-7-10/h4-7H,8H2,1-3H3. The highest BCUT2D eigenvalue weighted by Crippen LogP contribution is 2.25. The van der Waals surface area contributed by atoms with Crippen molar-refractivity contribution in [2.75, 3.05) is 0 Å². The molecule has 90 valence electrons. The van der Waals surface area contributed by atoms with Crippen molar-refractivity contribution in [1.82, 2.24) is 10.2 Å². The summed E-state index contributed by atoms with van der Waals surface area (Å²) < 4.78 is 5.67. The second-order valence-electron chi connectivity index (χ2n) is 4.99. The fraction of sp³-hybridized carbons (Fsp3) is 0.385. The van der Waals surface area contributed by atoms with Gasteiger partial charge in [-0.15, -0.1) is 10.2 Å². The molecule has 0 spiro atoms. The van der Waals surface area contributed by atoms with E-state index in [0.29, 0.717) is 11.8 Å². The molecule has 2 aromatic rings. The Kier molecular flexibility index (Phi) is 3.33. The zero-order valence-corrected chi connectivity index (χ0v) is 11.8. The first-order chi connectivity index (χ1) is 8.00. The van der Waals surface area contributed by atoms with Crippen LogP contribution in [0.2, 0.25) is 0 Å². The molecular formula is C13H15BrN2O. The molecule has 4 heteroatoms. The first kappa shape index (κ1) is 12.3. The van der Waals surface area contributed by atoms with E-state index < -0.39 is 0 Å². The Bertz CT molecular complexity index is 497. The minimum atomic E-state index is -0.110. The Morgan fingerprint density at radius 1 is 1.12 bits per heavy atom. The fourth-order valence-electron chi connectivity index (χ4n) is 1.38. The largest absolute Gasteiger partial charge is 0.420 e. The number of hydrogen-bond acceptors (Lipinski definition) is 3. The van der Waals surface area contributed by atoms with Crippen molar-refractivity contribution in [3.05, 3.63) is 35.7 Å². The van der Waals surface area contributed by atoms with Gasteiger partial charge in [-0.1, -0.05) is 48.8 Å². The zero-order valence-electron chi connectivity index (χ0n) is 10.2. The summed E-state index contributed by atoms with van der Waals surface area (Å²) in [6, 6.07) is 8.09. The van der Waals surface area contributed by atoms with Gasteiger partial charge in [0.25, 0.3) is 0 Å². The highest BCUT2D eigenvalue weighted by Gasteiger charge is 2.21. The first-order valence-corrected chi connectivity index (χ1v) is 6.62. The molecule has 0 saturated heterocycles. The maximum Gasteiger partial charge on any atom is 0.247 e. The van der Waals surface area contributed by atoms with E-state index in [9.17, 15) is 0 Å². The molecule has 3 nitrogen and oxygen atoms in total. The van der Waals surface area contributed by atoms with Crippen molar-refractivity contribution in [3.8, 4) is 11.5 Å². The number of alkyl halides is 1. The van der Waals surface area contributed by atoms with Gasteiger partial charge in [-0.2, -0.15) is 0 Å². The minimum Gasteiger partial charge on any atom is -0.420 e. The topological polar surface area (TPSA) is 38.9 Å². The van der Waals surface area contributed by atoms with Crippen LogP contribution in [0.3, 0.4) is 0 Å². The Hall–Kier alpha value is -1.16. The monoisotopic (exact) mass is 294 g/mol. The van der Waals surface area contributed by atoms with E-state index in [1.807, 2.05) is 24.3 Å². The average Bonchev–Trinajstić information content (AvgIpc) is 2.78. The lowest BCUT2D eigenvalue weighted by Crippen LogP contribution is -2.11. The molecular weight excluding hydrogens is 280 g/mol. The average molecular weight is 295 g/mol. The molecule has 0 bridgehead atoms. The van der Waals surface area contributed by atoms with Gasteiger partial charge in [0, 0.05) is 16.3 Å². The van der Waals surface area contributed by atoms with Gasteiger partial charge in [0.1, 0.15) is 0 Å². The van der Waals surface area contributed by atoms with Gasteiger partial charge in [0.15, 0.2) is 0 Å². The van der Waals surface area contributed by atoms with Crippen LogP contribution in [0.5, 0.6) is 0 Å². The Balaban J connectivity index is 2.30. The number of benzene rings is 1. The van der Waals surface area contributed by atoms with Crippen LogP contribution in [-0.2, 0) is 10.7 Å². The van der Waals surface area contributed by atoms with Crippen LogP contribution in [-0.4, -0.2) is 10.2 Å². The van der Waals surface area contributed by atoms with E-state index in [-0.39, 0.29) is 5.41 Å². The maximum absolute atomic E-state index is 5.67. The smallest absolute Gasteiger partial charge is 0.247 e. The summed E-state index contributed by atoms with van der Waals surface area (Å²) in [5.41, 5.74) is 2.07. The molecule has 0 unspecified atom stereocenters. The number of aromatic nitrogens is 2. The van der Waals surface area contributed by atoms with E-state index in [4.69, 9.17) is 4.42 Å². The molecule has 0 aliphatic carbocycles. The van der Waals surface area contributed by atoms with Crippen molar-refractivity contribution < 1.29 is 4.42 Å². The number of hydrogen-bond donors (Lipinski definition) is 0. The molecule has 2 rings (SSSR count). The van der Waals surface area contributed by atoms with Crippen LogP contribution in [0.15, 0.2) is 28.7 Å². The van der Waals surface area contributed by atoms with Crippen molar-refractivity contribution in [2.24, 2.45) is 0 Å². The predicted molar refractivity (Wildman–Crippen MR) is 71.1 cm³/mol. The second kappa shape index (κ2) is 4.61. The summed E-state index contributed by atoms with van der Waals surface area (Å²) in [4.78, 5) is 0. The van der Waals surface area contributed by atoms with Crippen molar-refractivity contribution in [3.63, 3.8) is 0 Å². The number of rotatable bonds is 2. The second-order valence-corrected chi connectivity index (χ2v) is 5.55. The summed E-state index contributed by atoms with van der Waals surface area (Å²) in [5, 5.41) is 9.01. The van der Waals surface area contributed by atoms with E-state index in [1.54, 1.807) is 0 Å². The molecule has 0 saturated carbocycles. The lowest BCUT2D eigenvalue weighted by atomic mass is 9.97. The molecule has 0 fully saturated rings. The molecule has 17 heavy (non-hydrogen) atoms. The van der Waals surface area contributed by atoms with Gasteiger partial charge in [-0.05, 0) is 17.7 Å². The van der Waals surface area contributed by atoms with Crippen LogP contribution in [0, 0.1) is 0 Å². The Labute approximate surface area is 109 Å². The van der Waals surface area contributed by atoms with Crippen molar-refractivity contribution >= 4 is 15.9 Å². The van der Waals surface area contributed by atoms with Crippen LogP contribution in [0.4, 0.5) is 0 Å². The van der Waals surface area contributed by atoms with Crippen LogP contribution < -0.4 is 0 Å². The maximum atomic E-state index is 5.67. The highest BCUT2D eigenvalue weighted by molar-refractivity contribution is 9.08. The fourth-order valence-corrected chi connectivity index (χ4v) is 1.75. The summed E-state index contributed by atoms with van der Waals surface area (Å²) >= 11 is 3.42. The molecule has 0 amide bonds. The van der Waals surface area contributed by atoms with Gasteiger partial charge in [-0.25, -0.2) is 0 Å². The zero-order chi connectivity index (χ0) is 12.5. The Morgan fingerprint density at radius 2 is 1.76 bits per heavy atom. The van der Waals surface area contributed by atoms with Gasteiger partial charge < -0.3 is 4.42 Å². The third-order valence-corrected chi connectivity index (χ3v) is 3.07. The first-order valence-electron chi connectivity index (χ1n) is 5.50. The molecule has 0 aliphatic heterocycles. The predicted octanol–water partition coefficient (Wildman–Crippen LogP) is 3.93. The van der Waals surface area contributed by atoms with Gasteiger partial charge >= 0.3 is 0 Å². The highest BCUT2D eigenvalue weighted by atomic mass is 79.9. The van der Waals surface area contributed by atoms with E-state index in [1.165, 1.54) is 5.56 Å². The van der Waals surface area contributed by atoms with Crippen LogP contribution in [0.25, 0.3) is 11.5 Å². The quantitative estimate of drug-likeness (QED) is 0.788. The van der Waals surface area contributed by atoms with Crippen LogP contribution in [0.1, 0.15) is 32.2 Å².